The van der Waals surface area contributed by atoms with Crippen LogP contribution in [0.4, 0.5) is 22.0 Å². The lowest BCUT2D eigenvalue weighted by molar-refractivity contribution is -0.137. The zero-order chi connectivity index (χ0) is 23.9. The summed E-state index contributed by atoms with van der Waals surface area (Å²) in [5, 5.41) is 4.85. The van der Waals surface area contributed by atoms with E-state index in [1.165, 1.54) is 0 Å². The summed E-state index contributed by atoms with van der Waals surface area (Å²) in [6.07, 6.45) is -6.82. The van der Waals surface area contributed by atoms with Crippen LogP contribution in [0.3, 0.4) is 0 Å². The van der Waals surface area contributed by atoms with Gasteiger partial charge in [-0.05, 0) is 68.1 Å². The topological polar surface area (TPSA) is 104 Å². The summed E-state index contributed by atoms with van der Waals surface area (Å²) in [6, 6.07) is 4.94. The van der Waals surface area contributed by atoms with Crippen molar-refractivity contribution in [1.82, 2.24) is 0 Å². The molecule has 0 aromatic heterocycles. The molecule has 0 saturated heterocycles. The Morgan fingerprint density at radius 1 is 0.938 bits per heavy atom. The maximum atomic E-state index is 14.7. The Labute approximate surface area is 181 Å². The van der Waals surface area contributed by atoms with Gasteiger partial charge in [-0.1, -0.05) is 0 Å². The van der Waals surface area contributed by atoms with E-state index < -0.39 is 64.8 Å². The fraction of sp³-hybridized carbons (Fsp3) is 0.368. The second-order valence-corrected chi connectivity index (χ2v) is 10.9. The Bertz CT molecular complexity index is 1200. The molecule has 1 aliphatic rings. The van der Waals surface area contributed by atoms with E-state index in [4.69, 9.17) is 9.32 Å². The van der Waals surface area contributed by atoms with Crippen LogP contribution in [-0.4, -0.2) is 22.9 Å². The van der Waals surface area contributed by atoms with E-state index in [-0.39, 0.29) is 25.7 Å². The Balaban J connectivity index is 2.10. The number of nitrogens with two attached hydrogens (primary N) is 1. The van der Waals surface area contributed by atoms with Crippen molar-refractivity contribution < 1.29 is 43.0 Å². The molecule has 32 heavy (non-hydrogen) atoms. The van der Waals surface area contributed by atoms with Gasteiger partial charge < -0.3 is 0 Å². The van der Waals surface area contributed by atoms with Gasteiger partial charge in [0.1, 0.15) is 16.4 Å². The molecule has 0 spiro atoms. The Kier molecular flexibility index (Phi) is 6.41. The van der Waals surface area contributed by atoms with Crippen LogP contribution in [0.15, 0.2) is 47.4 Å². The molecule has 176 valence electrons. The van der Waals surface area contributed by atoms with Crippen LogP contribution in [0.1, 0.15) is 36.8 Å². The zero-order valence-electron chi connectivity index (χ0n) is 16.3. The number of halogens is 5. The van der Waals surface area contributed by atoms with E-state index >= 15 is 0 Å². The second kappa shape index (κ2) is 8.36. The Morgan fingerprint density at radius 3 is 2.00 bits per heavy atom. The molecule has 0 unspecified atom stereocenters. The summed E-state index contributed by atoms with van der Waals surface area (Å²) >= 11 is 0. The minimum atomic E-state index is -4.70. The highest BCUT2D eigenvalue weighted by atomic mass is 32.2. The Morgan fingerprint density at radius 2 is 1.50 bits per heavy atom. The molecule has 2 aromatic carbocycles. The molecule has 0 aliphatic heterocycles. The fourth-order valence-corrected chi connectivity index (χ4v) is 6.66. The van der Waals surface area contributed by atoms with Crippen LogP contribution >= 0.6 is 0 Å². The molecule has 0 amide bonds. The third kappa shape index (κ3) is 4.80. The predicted octanol–water partition coefficient (Wildman–Crippen LogP) is 3.82. The first kappa shape index (κ1) is 24.6. The normalized spacial score (nSPS) is 22.6. The van der Waals surface area contributed by atoms with Gasteiger partial charge >= 0.3 is 16.5 Å². The lowest BCUT2D eigenvalue weighted by Crippen LogP contribution is -2.43. The zero-order valence-corrected chi connectivity index (χ0v) is 17.9. The number of rotatable bonds is 5. The molecule has 6 nitrogen and oxygen atoms in total. The molecule has 1 fully saturated rings. The molecule has 2 N–H and O–H groups in total. The van der Waals surface area contributed by atoms with E-state index in [2.05, 4.69) is 0 Å². The monoisotopic (exact) mass is 499 g/mol. The molecule has 1 saturated carbocycles. The van der Waals surface area contributed by atoms with Crippen molar-refractivity contribution in [2.45, 2.75) is 47.6 Å². The van der Waals surface area contributed by atoms with Crippen LogP contribution in [0.5, 0.6) is 0 Å². The van der Waals surface area contributed by atoms with Gasteiger partial charge in [-0.2, -0.15) is 21.6 Å². The quantitative estimate of drug-likeness (QED) is 0.630. The third-order valence-electron chi connectivity index (χ3n) is 5.44. The minimum absolute atomic E-state index is 0.188. The van der Waals surface area contributed by atoms with Gasteiger partial charge in [-0.25, -0.2) is 22.3 Å². The van der Waals surface area contributed by atoms with Crippen molar-refractivity contribution in [2.24, 2.45) is 5.14 Å². The molecule has 0 bridgehead atoms. The van der Waals surface area contributed by atoms with Crippen LogP contribution in [0.2, 0.25) is 0 Å². The van der Waals surface area contributed by atoms with Gasteiger partial charge in [0, 0.05) is 5.56 Å². The smallest absolute Gasteiger partial charge is 0.255 e. The van der Waals surface area contributed by atoms with Crippen LogP contribution in [0, 0.1) is 11.6 Å². The summed E-state index contributed by atoms with van der Waals surface area (Å²) in [4.78, 5) is -0.514. The highest BCUT2D eigenvalue weighted by Gasteiger charge is 2.50. The van der Waals surface area contributed by atoms with E-state index in [0.29, 0.717) is 12.1 Å². The average Bonchev–Trinajstić information content (AvgIpc) is 2.69. The van der Waals surface area contributed by atoms with Gasteiger partial charge in [0.2, 0.25) is 0 Å². The van der Waals surface area contributed by atoms with Crippen molar-refractivity contribution >= 4 is 20.1 Å². The molecule has 13 heteroatoms. The SMILES string of the molecule is NS(=O)(=O)OC1CCC(c2cc(F)ccc2F)(S(=O)(=O)c2ccc(C(F)(F)F)cc2)CC1. The highest BCUT2D eigenvalue weighted by Crippen LogP contribution is 2.48. The van der Waals surface area contributed by atoms with Gasteiger partial charge in [0.05, 0.1) is 16.6 Å². The number of sulfone groups is 1. The number of alkyl halides is 3. The number of hydrogen-bond acceptors (Lipinski definition) is 5. The van der Waals surface area contributed by atoms with Crippen LogP contribution in [0.25, 0.3) is 0 Å². The van der Waals surface area contributed by atoms with E-state index in [9.17, 15) is 38.8 Å². The van der Waals surface area contributed by atoms with Crippen molar-refractivity contribution in [3.63, 3.8) is 0 Å². The van der Waals surface area contributed by atoms with Crippen molar-refractivity contribution in [1.29, 1.82) is 0 Å². The minimum Gasteiger partial charge on any atom is -0.255 e. The summed E-state index contributed by atoms with van der Waals surface area (Å²) < 4.78 is 119. The third-order valence-corrected chi connectivity index (χ3v) is 8.53. The first-order valence-electron chi connectivity index (χ1n) is 9.24. The lowest BCUT2D eigenvalue weighted by atomic mass is 9.81. The molecular weight excluding hydrogens is 481 g/mol. The van der Waals surface area contributed by atoms with Crippen LogP contribution < -0.4 is 5.14 Å². The van der Waals surface area contributed by atoms with Gasteiger partial charge in [0.15, 0.2) is 9.84 Å². The lowest BCUT2D eigenvalue weighted by Gasteiger charge is -2.39. The fourth-order valence-electron chi connectivity index (χ4n) is 3.92. The Hall–Kier alpha value is -2.09. The highest BCUT2D eigenvalue weighted by molar-refractivity contribution is 7.92. The summed E-state index contributed by atoms with van der Waals surface area (Å²) in [5.74, 6) is -1.93. The van der Waals surface area contributed by atoms with E-state index in [0.717, 1.165) is 30.3 Å². The maximum absolute atomic E-state index is 14.7. The first-order chi connectivity index (χ1) is 14.7. The number of hydrogen-bond donors (Lipinski definition) is 1. The maximum Gasteiger partial charge on any atom is 0.416 e. The number of benzene rings is 2. The standard InChI is InChI=1S/C19H18F5NO5S2/c20-13-3-6-17(21)16(11-13)18(9-7-14(8-10-18)30-32(25,28)29)31(26,27)15-4-1-12(2-5-15)19(22,23)24/h1-6,11,14H,7-10H2,(H2,25,28,29). The second-order valence-electron chi connectivity index (χ2n) is 7.43. The molecule has 0 radical (unpaired) electrons. The van der Waals surface area contributed by atoms with E-state index in [1.54, 1.807) is 0 Å². The largest absolute Gasteiger partial charge is 0.416 e. The van der Waals surface area contributed by atoms with Crippen LogP contribution in [-0.2, 0) is 35.2 Å². The van der Waals surface area contributed by atoms with Gasteiger partial charge in [-0.15, -0.1) is 0 Å². The predicted molar refractivity (Wildman–Crippen MR) is 103 cm³/mol. The molecule has 3 rings (SSSR count). The van der Waals surface area contributed by atoms with Gasteiger partial charge in [-0.3, -0.25) is 4.18 Å². The molecule has 0 atom stereocenters. The molecule has 2 aromatic rings. The molecular formula is C19H18F5NO5S2. The average molecular weight is 499 g/mol. The summed E-state index contributed by atoms with van der Waals surface area (Å²) in [5.41, 5.74) is -1.57. The van der Waals surface area contributed by atoms with E-state index in [1.807, 2.05) is 0 Å². The molecule has 0 heterocycles. The van der Waals surface area contributed by atoms with Crippen molar-refractivity contribution in [3.05, 3.63) is 65.2 Å². The first-order valence-corrected chi connectivity index (χ1v) is 12.2. The summed E-state index contributed by atoms with van der Waals surface area (Å²) in [7, 11) is -8.89. The van der Waals surface area contributed by atoms with Crippen molar-refractivity contribution in [3.8, 4) is 0 Å². The van der Waals surface area contributed by atoms with Crippen molar-refractivity contribution in [2.75, 3.05) is 0 Å². The molecule has 1 aliphatic carbocycles. The van der Waals surface area contributed by atoms with Gasteiger partial charge in [0.25, 0.3) is 0 Å². The summed E-state index contributed by atoms with van der Waals surface area (Å²) in [6.45, 7) is 0.